The predicted octanol–water partition coefficient (Wildman–Crippen LogP) is 4.96. The monoisotopic (exact) mass is 370 g/mol. The van der Waals surface area contributed by atoms with Crippen molar-refractivity contribution < 1.29 is 4.74 Å². The summed E-state index contributed by atoms with van der Waals surface area (Å²) in [6.07, 6.45) is 8.09. The second-order valence-corrected chi connectivity index (χ2v) is 7.23. The molecule has 0 N–H and O–H groups in total. The number of hydrogen-bond donors (Lipinski definition) is 0. The van der Waals surface area contributed by atoms with Crippen molar-refractivity contribution in [2.75, 3.05) is 13.6 Å². The fourth-order valence-electron chi connectivity index (χ4n) is 3.95. The molecule has 2 aromatic heterocycles. The Labute approximate surface area is 164 Å². The van der Waals surface area contributed by atoms with Gasteiger partial charge in [-0.05, 0) is 62.8 Å². The van der Waals surface area contributed by atoms with Gasteiger partial charge in [0.05, 0.1) is 23.4 Å². The van der Waals surface area contributed by atoms with Crippen molar-refractivity contribution in [2.24, 2.45) is 0 Å². The molecule has 1 fully saturated rings. The average Bonchev–Trinajstić information content (AvgIpc) is 3.33. The van der Waals surface area contributed by atoms with Gasteiger partial charge in [-0.3, -0.25) is 14.3 Å². The Kier molecular flexibility index (Phi) is 4.29. The van der Waals surface area contributed by atoms with Gasteiger partial charge in [0.25, 0.3) is 0 Å². The first-order valence-corrected chi connectivity index (χ1v) is 9.65. The van der Waals surface area contributed by atoms with Crippen molar-refractivity contribution in [1.82, 2.24) is 19.3 Å². The van der Waals surface area contributed by atoms with Crippen molar-refractivity contribution in [3.63, 3.8) is 0 Å². The molecule has 5 rings (SSSR count). The number of likely N-dealkylation sites (tertiary alicyclic amines) is 1. The molecule has 1 aliphatic rings. The van der Waals surface area contributed by atoms with Crippen LogP contribution < -0.4 is 4.74 Å². The number of imidazole rings is 1. The van der Waals surface area contributed by atoms with Crippen LogP contribution in [-0.2, 0) is 0 Å². The number of ether oxygens (including phenoxy) is 1. The molecule has 1 atom stereocenters. The van der Waals surface area contributed by atoms with Crippen LogP contribution in [0.2, 0.25) is 0 Å². The van der Waals surface area contributed by atoms with Crippen LogP contribution >= 0.6 is 0 Å². The molecule has 5 heteroatoms. The third-order valence-corrected chi connectivity index (χ3v) is 5.40. The van der Waals surface area contributed by atoms with Gasteiger partial charge in [-0.15, -0.1) is 0 Å². The largest absolute Gasteiger partial charge is 0.457 e. The van der Waals surface area contributed by atoms with E-state index >= 15 is 0 Å². The summed E-state index contributed by atoms with van der Waals surface area (Å²) in [7, 11) is 2.18. The minimum atomic E-state index is 0.351. The third-order valence-electron chi connectivity index (χ3n) is 5.40. The molecule has 1 unspecified atom stereocenters. The third kappa shape index (κ3) is 3.04. The summed E-state index contributed by atoms with van der Waals surface area (Å²) < 4.78 is 8.10. The fourth-order valence-corrected chi connectivity index (χ4v) is 3.95. The molecule has 0 aliphatic carbocycles. The molecule has 0 saturated carbocycles. The van der Waals surface area contributed by atoms with E-state index in [-0.39, 0.29) is 0 Å². The van der Waals surface area contributed by atoms with Crippen LogP contribution in [0.25, 0.3) is 16.8 Å². The van der Waals surface area contributed by atoms with Crippen LogP contribution in [0, 0.1) is 0 Å². The van der Waals surface area contributed by atoms with Gasteiger partial charge >= 0.3 is 0 Å². The van der Waals surface area contributed by atoms with E-state index < -0.39 is 0 Å². The SMILES string of the molecule is CN1CCCC1c1nc(-c2ccc(Oc3ccccc3)cc2)c2cnccn12. The Morgan fingerprint density at radius 3 is 2.54 bits per heavy atom. The van der Waals surface area contributed by atoms with E-state index in [4.69, 9.17) is 9.72 Å². The highest BCUT2D eigenvalue weighted by molar-refractivity contribution is 5.77. The maximum atomic E-state index is 5.91. The Balaban J connectivity index is 1.51. The first-order valence-electron chi connectivity index (χ1n) is 9.65. The Bertz CT molecular complexity index is 1090. The second-order valence-electron chi connectivity index (χ2n) is 7.23. The van der Waals surface area contributed by atoms with Crippen molar-refractivity contribution in [3.8, 4) is 22.8 Å². The summed E-state index contributed by atoms with van der Waals surface area (Å²) >= 11 is 0. The Morgan fingerprint density at radius 2 is 1.79 bits per heavy atom. The number of rotatable bonds is 4. The smallest absolute Gasteiger partial charge is 0.131 e. The molecular formula is C23H22N4O. The van der Waals surface area contributed by atoms with Gasteiger partial charge in [-0.1, -0.05) is 18.2 Å². The van der Waals surface area contributed by atoms with Gasteiger partial charge in [0.2, 0.25) is 0 Å². The van der Waals surface area contributed by atoms with Crippen LogP contribution in [0.3, 0.4) is 0 Å². The number of hydrogen-bond acceptors (Lipinski definition) is 4. The fraction of sp³-hybridized carbons (Fsp3) is 0.217. The number of aromatic nitrogens is 3. The van der Waals surface area contributed by atoms with E-state index in [2.05, 4.69) is 33.5 Å². The molecule has 2 aromatic carbocycles. The summed E-state index contributed by atoms with van der Waals surface area (Å²) in [4.78, 5) is 11.8. The molecule has 28 heavy (non-hydrogen) atoms. The summed E-state index contributed by atoms with van der Waals surface area (Å²) in [5.74, 6) is 2.74. The number of nitrogens with zero attached hydrogens (tertiary/aromatic N) is 4. The lowest BCUT2D eigenvalue weighted by molar-refractivity contribution is 0.305. The molecule has 0 spiro atoms. The quantitative estimate of drug-likeness (QED) is 0.509. The Morgan fingerprint density at radius 1 is 1.00 bits per heavy atom. The van der Waals surface area contributed by atoms with Crippen molar-refractivity contribution in [3.05, 3.63) is 79.0 Å². The summed E-state index contributed by atoms with van der Waals surface area (Å²) in [5.41, 5.74) is 3.07. The first kappa shape index (κ1) is 17.0. The van der Waals surface area contributed by atoms with Crippen LogP contribution in [0.1, 0.15) is 24.7 Å². The van der Waals surface area contributed by atoms with E-state index in [1.165, 1.54) is 6.42 Å². The summed E-state index contributed by atoms with van der Waals surface area (Å²) in [6, 6.07) is 18.3. The van der Waals surface area contributed by atoms with Crippen LogP contribution in [0.15, 0.2) is 73.2 Å². The standard InChI is InChI=1S/C23H22N4O/c1-26-14-5-8-20(26)23-25-22(21-16-24-13-15-27(21)23)17-9-11-19(12-10-17)28-18-6-3-2-4-7-18/h2-4,6-7,9-13,15-16,20H,5,8,14H2,1H3. The van der Waals surface area contributed by atoms with E-state index in [9.17, 15) is 0 Å². The number of para-hydroxylation sites is 1. The molecule has 5 nitrogen and oxygen atoms in total. The minimum Gasteiger partial charge on any atom is -0.457 e. The van der Waals surface area contributed by atoms with Crippen LogP contribution in [-0.4, -0.2) is 32.9 Å². The van der Waals surface area contributed by atoms with E-state index in [0.29, 0.717) is 6.04 Å². The zero-order valence-electron chi connectivity index (χ0n) is 15.8. The second kappa shape index (κ2) is 7.09. The molecule has 3 heterocycles. The van der Waals surface area contributed by atoms with Crippen molar-refractivity contribution in [2.45, 2.75) is 18.9 Å². The molecule has 0 amide bonds. The van der Waals surface area contributed by atoms with E-state index in [0.717, 1.165) is 47.1 Å². The molecule has 1 saturated heterocycles. The molecule has 4 aromatic rings. The highest BCUT2D eigenvalue weighted by atomic mass is 16.5. The Hall–Kier alpha value is -3.18. The highest BCUT2D eigenvalue weighted by Gasteiger charge is 2.27. The molecule has 140 valence electrons. The number of fused-ring (bicyclic) bond motifs is 1. The lowest BCUT2D eigenvalue weighted by atomic mass is 10.1. The van der Waals surface area contributed by atoms with Crippen LogP contribution in [0.4, 0.5) is 0 Å². The lowest BCUT2D eigenvalue weighted by Crippen LogP contribution is -2.19. The van der Waals surface area contributed by atoms with E-state index in [1.54, 1.807) is 0 Å². The normalized spacial score (nSPS) is 17.2. The van der Waals surface area contributed by atoms with Gasteiger partial charge in [0, 0.05) is 18.0 Å². The van der Waals surface area contributed by atoms with Gasteiger partial charge in [0.1, 0.15) is 17.3 Å². The average molecular weight is 370 g/mol. The zero-order chi connectivity index (χ0) is 18.9. The predicted molar refractivity (Wildman–Crippen MR) is 110 cm³/mol. The highest BCUT2D eigenvalue weighted by Crippen LogP contribution is 2.34. The van der Waals surface area contributed by atoms with Gasteiger partial charge in [0.15, 0.2) is 0 Å². The van der Waals surface area contributed by atoms with Crippen molar-refractivity contribution >= 4 is 5.52 Å². The molecule has 0 radical (unpaired) electrons. The molecular weight excluding hydrogens is 348 g/mol. The van der Waals surface area contributed by atoms with Gasteiger partial charge in [-0.2, -0.15) is 0 Å². The maximum absolute atomic E-state index is 5.91. The number of benzene rings is 2. The van der Waals surface area contributed by atoms with Gasteiger partial charge < -0.3 is 4.74 Å². The van der Waals surface area contributed by atoms with Gasteiger partial charge in [-0.25, -0.2) is 4.98 Å². The first-order chi connectivity index (χ1) is 13.8. The van der Waals surface area contributed by atoms with Crippen molar-refractivity contribution in [1.29, 1.82) is 0 Å². The topological polar surface area (TPSA) is 42.7 Å². The maximum Gasteiger partial charge on any atom is 0.131 e. The lowest BCUT2D eigenvalue weighted by Gasteiger charge is -2.17. The van der Waals surface area contributed by atoms with E-state index in [1.807, 2.05) is 61.1 Å². The molecule has 0 bridgehead atoms. The minimum absolute atomic E-state index is 0.351. The summed E-state index contributed by atoms with van der Waals surface area (Å²) in [6.45, 7) is 1.12. The zero-order valence-corrected chi connectivity index (χ0v) is 15.8. The summed E-state index contributed by atoms with van der Waals surface area (Å²) in [5, 5.41) is 0. The molecule has 1 aliphatic heterocycles. The van der Waals surface area contributed by atoms with Crippen LogP contribution in [0.5, 0.6) is 11.5 Å².